The van der Waals surface area contributed by atoms with Gasteiger partial charge in [-0.1, -0.05) is 6.07 Å². The molecular weight excluding hydrogens is 529 g/mol. The van der Waals surface area contributed by atoms with E-state index in [1.54, 1.807) is 13.0 Å². The van der Waals surface area contributed by atoms with Crippen molar-refractivity contribution in [2.24, 2.45) is 7.05 Å². The van der Waals surface area contributed by atoms with Crippen molar-refractivity contribution in [2.45, 2.75) is 32.7 Å². The first-order chi connectivity index (χ1) is 18.4. The molecule has 0 amide bonds. The number of benzene rings is 1. The van der Waals surface area contributed by atoms with Gasteiger partial charge in [0.2, 0.25) is 0 Å². The first-order valence-corrected chi connectivity index (χ1v) is 13.5. The molecule has 1 fully saturated rings. The number of hydrogen-bond donors (Lipinski definition) is 3. The van der Waals surface area contributed by atoms with Gasteiger partial charge in [-0.15, -0.1) is 0 Å². The molecule has 14 heteroatoms. The monoisotopic (exact) mass is 555 g/mol. The van der Waals surface area contributed by atoms with Crippen LogP contribution in [0.3, 0.4) is 0 Å². The number of rotatable bonds is 7. The smallest absolute Gasteiger partial charge is 0.336 e. The largest absolute Gasteiger partial charge is 0.338 e. The van der Waals surface area contributed by atoms with E-state index in [4.69, 9.17) is 0 Å². The van der Waals surface area contributed by atoms with Crippen LogP contribution in [-0.2, 0) is 17.3 Å². The Morgan fingerprint density at radius 1 is 1.05 bits per heavy atom. The molecule has 0 radical (unpaired) electrons. The van der Waals surface area contributed by atoms with Gasteiger partial charge in [-0.3, -0.25) is 33.0 Å². The third kappa shape index (κ3) is 4.61. The summed E-state index contributed by atoms with van der Waals surface area (Å²) >= 11 is 0. The first-order valence-electron chi connectivity index (χ1n) is 12.0. The van der Waals surface area contributed by atoms with Crippen molar-refractivity contribution in [1.82, 2.24) is 23.4 Å². The van der Waals surface area contributed by atoms with Gasteiger partial charge >= 0.3 is 5.69 Å². The van der Waals surface area contributed by atoms with Crippen LogP contribution in [0.1, 0.15) is 30.0 Å². The zero-order chi connectivity index (χ0) is 28.2. The molecule has 1 aromatic carbocycles. The third-order valence-electron chi connectivity index (χ3n) is 6.64. The lowest BCUT2D eigenvalue weighted by atomic mass is 10.1. The molecule has 1 saturated carbocycles. The van der Waals surface area contributed by atoms with Gasteiger partial charge in [0.25, 0.3) is 21.3 Å². The molecule has 4 aromatic rings. The Kier molecular flexibility index (Phi) is 6.39. The fourth-order valence-corrected chi connectivity index (χ4v) is 5.04. The summed E-state index contributed by atoms with van der Waals surface area (Å²) in [5.41, 5.74) is -0.831. The Balaban J connectivity index is 1.88. The molecule has 12 nitrogen and oxygen atoms in total. The number of anilines is 3. The third-order valence-corrected chi connectivity index (χ3v) is 7.68. The SMILES string of the molecule is CNS(=O)(=O)Nc1cncc(-n2c(=O)n(C3CC3)c(=O)c3c(Nc4ccc(C)cc4F)n(C)c(=O)c(C)c32)c1. The normalized spacial score (nSPS) is 13.6. The molecule has 3 N–H and O–H groups in total. The van der Waals surface area contributed by atoms with Crippen LogP contribution in [0, 0.1) is 19.7 Å². The van der Waals surface area contributed by atoms with Crippen LogP contribution < -0.4 is 31.6 Å². The van der Waals surface area contributed by atoms with E-state index in [-0.39, 0.29) is 45.4 Å². The maximum Gasteiger partial charge on any atom is 0.336 e. The van der Waals surface area contributed by atoms with E-state index in [2.05, 4.69) is 19.7 Å². The molecule has 0 aliphatic heterocycles. The van der Waals surface area contributed by atoms with E-state index >= 15 is 0 Å². The van der Waals surface area contributed by atoms with Gasteiger partial charge in [-0.2, -0.15) is 8.42 Å². The van der Waals surface area contributed by atoms with Crippen molar-refractivity contribution < 1.29 is 12.8 Å². The predicted molar refractivity (Wildman–Crippen MR) is 146 cm³/mol. The van der Waals surface area contributed by atoms with Gasteiger partial charge in [0.1, 0.15) is 17.0 Å². The Bertz CT molecular complexity index is 1940. The van der Waals surface area contributed by atoms with Crippen LogP contribution in [-0.4, -0.2) is 34.2 Å². The second-order valence-electron chi connectivity index (χ2n) is 9.44. The van der Waals surface area contributed by atoms with Crippen molar-refractivity contribution >= 4 is 38.3 Å². The Morgan fingerprint density at radius 2 is 1.77 bits per heavy atom. The number of halogens is 1. The number of aromatic nitrogens is 4. The highest BCUT2D eigenvalue weighted by Gasteiger charge is 2.31. The number of nitrogens with one attached hydrogen (secondary N) is 3. The number of fused-ring (bicyclic) bond motifs is 1. The van der Waals surface area contributed by atoms with E-state index in [1.165, 1.54) is 60.7 Å². The minimum absolute atomic E-state index is 0.00211. The summed E-state index contributed by atoms with van der Waals surface area (Å²) in [6.07, 6.45) is 3.80. The highest BCUT2D eigenvalue weighted by Crippen LogP contribution is 2.34. The van der Waals surface area contributed by atoms with Crippen LogP contribution in [0.2, 0.25) is 0 Å². The quantitative estimate of drug-likeness (QED) is 0.316. The zero-order valence-corrected chi connectivity index (χ0v) is 22.4. The van der Waals surface area contributed by atoms with Crippen LogP contribution in [0.25, 0.3) is 16.6 Å². The molecule has 5 rings (SSSR count). The van der Waals surface area contributed by atoms with Crippen LogP contribution in [0.4, 0.5) is 21.6 Å². The topological polar surface area (TPSA) is 149 Å². The van der Waals surface area contributed by atoms with Gasteiger partial charge in [0.05, 0.1) is 35.0 Å². The van der Waals surface area contributed by atoms with Crippen molar-refractivity contribution in [1.29, 1.82) is 0 Å². The second kappa shape index (κ2) is 9.47. The molecule has 3 aromatic heterocycles. The lowest BCUT2D eigenvalue weighted by molar-refractivity contribution is 0.593. The van der Waals surface area contributed by atoms with Crippen LogP contribution >= 0.6 is 0 Å². The highest BCUT2D eigenvalue weighted by atomic mass is 32.2. The Hall–Kier alpha value is -4.30. The molecule has 0 bridgehead atoms. The van der Waals surface area contributed by atoms with Gasteiger partial charge in [-0.25, -0.2) is 13.9 Å². The lowest BCUT2D eigenvalue weighted by Crippen LogP contribution is -2.41. The van der Waals surface area contributed by atoms with Crippen LogP contribution in [0.5, 0.6) is 0 Å². The fourth-order valence-electron chi connectivity index (χ4n) is 4.52. The Morgan fingerprint density at radius 3 is 2.41 bits per heavy atom. The number of aryl methyl sites for hydroxylation is 2. The van der Waals surface area contributed by atoms with E-state index in [1.807, 2.05) is 0 Å². The van der Waals surface area contributed by atoms with Crippen molar-refractivity contribution in [3.8, 4) is 5.69 Å². The highest BCUT2D eigenvalue weighted by molar-refractivity contribution is 7.90. The molecule has 3 heterocycles. The standard InChI is InChI=1S/C25H26FN7O5S/c1-13-5-8-19(18(26)9-13)29-22-20-21(14(2)23(34)31(22)4)32(25(36)33(24(20)35)16-6-7-16)17-10-15(11-28-12-17)30-39(37,38)27-3/h5,8-12,16,27,29-30H,6-7H2,1-4H3. The maximum atomic E-state index is 14.8. The second-order valence-corrected chi connectivity index (χ2v) is 11.1. The lowest BCUT2D eigenvalue weighted by Gasteiger charge is -2.20. The summed E-state index contributed by atoms with van der Waals surface area (Å²) < 4.78 is 46.8. The molecule has 39 heavy (non-hydrogen) atoms. The summed E-state index contributed by atoms with van der Waals surface area (Å²) in [6, 6.07) is 5.52. The molecular formula is C25H26FN7O5S. The van der Waals surface area contributed by atoms with E-state index < -0.39 is 32.8 Å². The van der Waals surface area contributed by atoms with E-state index in [9.17, 15) is 27.2 Å². The van der Waals surface area contributed by atoms with Crippen molar-refractivity contribution in [3.63, 3.8) is 0 Å². The maximum absolute atomic E-state index is 14.8. The molecule has 0 unspecified atom stereocenters. The summed E-state index contributed by atoms with van der Waals surface area (Å²) in [7, 11) is -1.21. The first kappa shape index (κ1) is 26.3. The van der Waals surface area contributed by atoms with Crippen molar-refractivity contribution in [3.05, 3.63) is 84.8 Å². The summed E-state index contributed by atoms with van der Waals surface area (Å²) in [6.45, 7) is 3.22. The molecule has 0 spiro atoms. The average Bonchev–Trinajstić information content (AvgIpc) is 3.71. The van der Waals surface area contributed by atoms with Gasteiger partial charge in [0, 0.05) is 25.7 Å². The van der Waals surface area contributed by atoms with Gasteiger partial charge in [-0.05, 0) is 50.5 Å². The average molecular weight is 556 g/mol. The minimum Gasteiger partial charge on any atom is -0.338 e. The van der Waals surface area contributed by atoms with Crippen LogP contribution in [0.15, 0.2) is 51.0 Å². The number of nitrogens with zero attached hydrogens (tertiary/aromatic N) is 4. The minimum atomic E-state index is -3.89. The predicted octanol–water partition coefficient (Wildman–Crippen LogP) is 1.96. The number of hydrogen-bond acceptors (Lipinski definition) is 7. The van der Waals surface area contributed by atoms with E-state index in [0.29, 0.717) is 18.4 Å². The summed E-state index contributed by atoms with van der Waals surface area (Å²) in [5, 5.41) is 2.90. The fraction of sp³-hybridized carbons (Fsp3) is 0.280. The summed E-state index contributed by atoms with van der Waals surface area (Å²) in [5.74, 6) is -0.572. The molecule has 0 saturated heterocycles. The van der Waals surface area contributed by atoms with Gasteiger partial charge in [0.15, 0.2) is 0 Å². The zero-order valence-electron chi connectivity index (χ0n) is 21.6. The number of pyridine rings is 2. The molecule has 204 valence electrons. The molecule has 1 aliphatic carbocycles. The Labute approximate surface area is 221 Å². The summed E-state index contributed by atoms with van der Waals surface area (Å²) in [4.78, 5) is 45.1. The van der Waals surface area contributed by atoms with Gasteiger partial charge < -0.3 is 5.32 Å². The molecule has 0 atom stereocenters. The van der Waals surface area contributed by atoms with E-state index in [0.717, 1.165) is 4.57 Å². The van der Waals surface area contributed by atoms with Crippen molar-refractivity contribution in [2.75, 3.05) is 17.1 Å². The molecule has 1 aliphatic rings.